The van der Waals surface area contributed by atoms with E-state index in [9.17, 15) is 14.7 Å². The van der Waals surface area contributed by atoms with Crippen molar-refractivity contribution >= 4 is 11.9 Å². The summed E-state index contributed by atoms with van der Waals surface area (Å²) in [4.78, 5) is 27.5. The van der Waals surface area contributed by atoms with Crippen molar-refractivity contribution in [1.29, 1.82) is 0 Å². The number of benzene rings is 1. The van der Waals surface area contributed by atoms with Crippen LogP contribution in [0.2, 0.25) is 0 Å². The molecule has 2 aliphatic rings. The number of hydrogen-bond acceptors (Lipinski definition) is 4. The van der Waals surface area contributed by atoms with Gasteiger partial charge in [0.25, 0.3) is 5.91 Å². The van der Waals surface area contributed by atoms with Gasteiger partial charge in [-0.3, -0.25) is 4.79 Å². The van der Waals surface area contributed by atoms with Gasteiger partial charge in [-0.2, -0.15) is 0 Å². The first-order valence-electron chi connectivity index (χ1n) is 10.0. The molecule has 0 aromatic heterocycles. The molecule has 1 N–H and O–H groups in total. The first-order valence-corrected chi connectivity index (χ1v) is 10.0. The summed E-state index contributed by atoms with van der Waals surface area (Å²) in [5.74, 6) is 0.103. The predicted molar refractivity (Wildman–Crippen MR) is 99.5 cm³/mol. The second kappa shape index (κ2) is 9.22. The molecule has 27 heavy (non-hydrogen) atoms. The van der Waals surface area contributed by atoms with Gasteiger partial charge in [-0.25, -0.2) is 0 Å². The maximum absolute atomic E-state index is 12.9. The Bertz CT molecular complexity index is 640. The number of hydrogen-bond donors (Lipinski definition) is 1. The second-order valence-electron chi connectivity index (χ2n) is 7.86. The molecule has 0 saturated carbocycles. The predicted octanol–water partition coefficient (Wildman–Crippen LogP) is -0.0177. The molecule has 1 aromatic rings. The number of nitrogens with one attached hydrogen (secondary N) is 1. The third kappa shape index (κ3) is 5.22. The van der Waals surface area contributed by atoms with Crippen molar-refractivity contribution in [2.24, 2.45) is 11.8 Å². The molecule has 148 valence electrons. The maximum Gasteiger partial charge on any atom is 0.253 e. The number of ether oxygens (including phenoxy) is 1. The van der Waals surface area contributed by atoms with Crippen molar-refractivity contribution < 1.29 is 24.3 Å². The molecule has 0 spiro atoms. The van der Waals surface area contributed by atoms with E-state index in [0.717, 1.165) is 25.1 Å². The zero-order valence-electron chi connectivity index (χ0n) is 16.1. The van der Waals surface area contributed by atoms with Crippen LogP contribution in [0.3, 0.4) is 0 Å². The smallest absolute Gasteiger partial charge is 0.253 e. The summed E-state index contributed by atoms with van der Waals surface area (Å²) in [6.07, 6.45) is 4.37. The lowest BCUT2D eigenvalue weighted by atomic mass is 9.81. The van der Waals surface area contributed by atoms with Crippen LogP contribution in [0, 0.1) is 11.8 Å². The Hall–Kier alpha value is -2.08. The molecule has 0 unspecified atom stereocenters. The molecule has 3 rings (SSSR count). The van der Waals surface area contributed by atoms with Crippen LogP contribution >= 0.6 is 0 Å². The Morgan fingerprint density at radius 1 is 1.19 bits per heavy atom. The van der Waals surface area contributed by atoms with E-state index in [0.29, 0.717) is 18.7 Å². The van der Waals surface area contributed by atoms with E-state index in [-0.39, 0.29) is 24.2 Å². The summed E-state index contributed by atoms with van der Waals surface area (Å²) in [6.45, 7) is 4.74. The number of carbonyl (C=O) groups is 2. The van der Waals surface area contributed by atoms with Gasteiger partial charge in [0.2, 0.25) is 0 Å². The van der Waals surface area contributed by atoms with Crippen LogP contribution in [0.15, 0.2) is 24.3 Å². The number of carboxylic acid groups (broad SMARTS) is 1. The summed E-state index contributed by atoms with van der Waals surface area (Å²) in [7, 11) is 1.60. The third-order valence-corrected chi connectivity index (χ3v) is 6.12. The van der Waals surface area contributed by atoms with Crippen LogP contribution in [0.25, 0.3) is 0 Å². The van der Waals surface area contributed by atoms with Crippen molar-refractivity contribution in [3.8, 4) is 5.75 Å². The van der Waals surface area contributed by atoms with Crippen molar-refractivity contribution in [3.05, 3.63) is 29.8 Å². The highest BCUT2D eigenvalue weighted by atomic mass is 16.5. The molecule has 2 fully saturated rings. The number of carboxylic acids is 1. The third-order valence-electron chi connectivity index (χ3n) is 6.12. The fraction of sp³-hybridized carbons (Fsp3) is 0.619. The largest absolute Gasteiger partial charge is 0.550 e. The lowest BCUT2D eigenvalue weighted by Crippen LogP contribution is -3.10. The van der Waals surface area contributed by atoms with Crippen LogP contribution in [0.5, 0.6) is 5.75 Å². The summed E-state index contributed by atoms with van der Waals surface area (Å²) < 4.78 is 5.15. The zero-order valence-corrected chi connectivity index (χ0v) is 16.1. The van der Waals surface area contributed by atoms with E-state index < -0.39 is 5.97 Å². The van der Waals surface area contributed by atoms with Gasteiger partial charge in [0.1, 0.15) is 5.75 Å². The molecule has 2 atom stereocenters. The average molecular weight is 374 g/mol. The van der Waals surface area contributed by atoms with Crippen molar-refractivity contribution in [3.63, 3.8) is 0 Å². The Morgan fingerprint density at radius 3 is 2.52 bits per heavy atom. The van der Waals surface area contributed by atoms with E-state index in [1.807, 2.05) is 4.90 Å². The number of rotatable bonds is 7. The Labute approximate surface area is 161 Å². The van der Waals surface area contributed by atoms with E-state index >= 15 is 0 Å². The summed E-state index contributed by atoms with van der Waals surface area (Å²) in [5.41, 5.74) is 0.651. The quantitative estimate of drug-likeness (QED) is 0.728. The van der Waals surface area contributed by atoms with Crippen LogP contribution < -0.4 is 14.7 Å². The molecule has 0 aliphatic carbocycles. The standard InChI is InChI=1S/C21H30N2O4/c1-27-19-6-4-16(5-7-19)21(26)23-13-9-17(14-20(24)25)18(15-23)8-12-22-10-2-3-11-22/h4-7,17-18H,2-3,8-15H2,1H3,(H,24,25)/t17-,18-/m0/s1. The van der Waals surface area contributed by atoms with Crippen LogP contribution in [0.1, 0.15) is 42.5 Å². The molecular weight excluding hydrogens is 344 g/mol. The number of likely N-dealkylation sites (tertiary alicyclic amines) is 2. The summed E-state index contributed by atoms with van der Waals surface area (Å²) in [6, 6.07) is 7.17. The fourth-order valence-corrected chi connectivity index (χ4v) is 4.51. The molecule has 1 amide bonds. The topological polar surface area (TPSA) is 74.1 Å². The van der Waals surface area contributed by atoms with Gasteiger partial charge in [0.05, 0.1) is 26.7 Å². The highest BCUT2D eigenvalue weighted by molar-refractivity contribution is 5.94. The molecule has 1 aromatic carbocycles. The maximum atomic E-state index is 12.9. The highest BCUT2D eigenvalue weighted by Crippen LogP contribution is 2.29. The van der Waals surface area contributed by atoms with Crippen LogP contribution in [-0.2, 0) is 4.79 Å². The molecule has 2 aliphatic heterocycles. The number of amides is 1. The summed E-state index contributed by atoms with van der Waals surface area (Å²) >= 11 is 0. The van der Waals surface area contributed by atoms with Gasteiger partial charge in [0.15, 0.2) is 0 Å². The van der Waals surface area contributed by atoms with Crippen molar-refractivity contribution in [1.82, 2.24) is 4.90 Å². The van der Waals surface area contributed by atoms with Gasteiger partial charge >= 0.3 is 0 Å². The van der Waals surface area contributed by atoms with Crippen LogP contribution in [0.4, 0.5) is 0 Å². The first-order chi connectivity index (χ1) is 13.1. The highest BCUT2D eigenvalue weighted by Gasteiger charge is 2.32. The van der Waals surface area contributed by atoms with E-state index in [4.69, 9.17) is 4.74 Å². The first kappa shape index (κ1) is 19.7. The minimum Gasteiger partial charge on any atom is -0.550 e. The van der Waals surface area contributed by atoms with Gasteiger partial charge in [-0.1, -0.05) is 0 Å². The Kier molecular flexibility index (Phi) is 6.72. The van der Waals surface area contributed by atoms with E-state index in [1.165, 1.54) is 25.9 Å². The molecule has 2 heterocycles. The Morgan fingerprint density at radius 2 is 1.89 bits per heavy atom. The molecule has 0 bridgehead atoms. The van der Waals surface area contributed by atoms with Gasteiger partial charge in [-0.05, 0) is 48.9 Å². The van der Waals surface area contributed by atoms with Crippen LogP contribution in [-0.4, -0.2) is 56.6 Å². The number of nitrogens with zero attached hydrogens (tertiary/aromatic N) is 1. The van der Waals surface area contributed by atoms with Gasteiger partial charge in [-0.15, -0.1) is 0 Å². The minimum absolute atomic E-state index is 0.0167. The number of methoxy groups -OCH3 is 1. The monoisotopic (exact) mass is 374 g/mol. The zero-order chi connectivity index (χ0) is 19.2. The minimum atomic E-state index is -0.978. The Balaban J connectivity index is 1.64. The van der Waals surface area contributed by atoms with E-state index in [2.05, 4.69) is 0 Å². The second-order valence-corrected chi connectivity index (χ2v) is 7.86. The lowest BCUT2D eigenvalue weighted by molar-refractivity contribution is -0.888. The number of aliphatic carboxylic acids is 1. The van der Waals surface area contributed by atoms with E-state index in [1.54, 1.807) is 36.3 Å². The molecule has 6 heteroatoms. The number of carbonyl (C=O) groups excluding carboxylic acids is 2. The molecule has 0 radical (unpaired) electrons. The number of piperidine rings is 1. The van der Waals surface area contributed by atoms with Gasteiger partial charge < -0.3 is 24.4 Å². The fourth-order valence-electron chi connectivity index (χ4n) is 4.51. The lowest BCUT2D eigenvalue weighted by Gasteiger charge is -2.39. The number of quaternary nitrogens is 1. The normalized spacial score (nSPS) is 23.4. The van der Waals surface area contributed by atoms with Gasteiger partial charge in [0, 0.05) is 43.9 Å². The molecule has 2 saturated heterocycles. The average Bonchev–Trinajstić information content (AvgIpc) is 3.20. The molecular formula is C21H30N2O4. The summed E-state index contributed by atoms with van der Waals surface area (Å²) in [5, 5.41) is 11.2. The van der Waals surface area contributed by atoms with Crippen molar-refractivity contribution in [2.45, 2.75) is 32.1 Å². The molecule has 6 nitrogen and oxygen atoms in total. The van der Waals surface area contributed by atoms with Crippen molar-refractivity contribution in [2.75, 3.05) is 39.8 Å². The SMILES string of the molecule is COc1ccc(C(=O)N2CC[C@@H](CC(=O)[O-])[C@@H](CC[NH+]3CCCC3)C2)cc1.